The van der Waals surface area contributed by atoms with Crippen molar-refractivity contribution in [2.24, 2.45) is 0 Å². The second kappa shape index (κ2) is 6.60. The fourth-order valence-corrected chi connectivity index (χ4v) is 4.46. The maximum absolute atomic E-state index is 12.6. The van der Waals surface area contributed by atoms with Crippen LogP contribution in [0.3, 0.4) is 0 Å². The van der Waals surface area contributed by atoms with E-state index in [9.17, 15) is 13.2 Å². The smallest absolute Gasteiger partial charge is 0.282 e. The van der Waals surface area contributed by atoms with E-state index in [-0.39, 0.29) is 18.0 Å². The van der Waals surface area contributed by atoms with Gasteiger partial charge in [-0.2, -0.15) is 17.0 Å². The minimum atomic E-state index is -3.44. The molecule has 0 aromatic heterocycles. The highest BCUT2D eigenvalue weighted by molar-refractivity contribution is 7.86. The highest BCUT2D eigenvalue weighted by Gasteiger charge is 2.36. The Kier molecular flexibility index (Phi) is 5.24. The molecule has 2 aliphatic rings. The van der Waals surface area contributed by atoms with Gasteiger partial charge >= 0.3 is 0 Å². The van der Waals surface area contributed by atoms with Gasteiger partial charge in [-0.1, -0.05) is 0 Å². The molecule has 1 N–H and O–H groups in total. The Bertz CT molecular complexity index is 480. The molecule has 8 heteroatoms. The molecule has 1 unspecified atom stereocenters. The minimum absolute atomic E-state index is 0.00341. The molecule has 1 atom stereocenters. The molecule has 2 saturated heterocycles. The first kappa shape index (κ1) is 16.7. The number of carbonyl (C=O) groups excluding carboxylic acids is 1. The lowest BCUT2D eigenvalue weighted by Crippen LogP contribution is -2.58. The third-order valence-corrected chi connectivity index (χ3v) is 6.48. The van der Waals surface area contributed by atoms with Gasteiger partial charge in [0.2, 0.25) is 5.91 Å². The monoisotopic (exact) mass is 318 g/mol. The molecule has 2 heterocycles. The molecule has 0 aliphatic carbocycles. The molecular weight excluding hydrogens is 292 g/mol. The van der Waals surface area contributed by atoms with E-state index in [1.54, 1.807) is 7.05 Å². The van der Waals surface area contributed by atoms with Gasteiger partial charge in [-0.05, 0) is 26.7 Å². The molecule has 2 rings (SSSR count). The van der Waals surface area contributed by atoms with Crippen LogP contribution in [0.15, 0.2) is 0 Å². The predicted octanol–water partition coefficient (Wildman–Crippen LogP) is -0.532. The summed E-state index contributed by atoms with van der Waals surface area (Å²) < 4.78 is 28.1. The van der Waals surface area contributed by atoms with Gasteiger partial charge in [0.15, 0.2) is 0 Å². The number of piperazine rings is 1. The number of piperidine rings is 1. The molecule has 1 amide bonds. The summed E-state index contributed by atoms with van der Waals surface area (Å²) in [4.78, 5) is 13.8. The predicted molar refractivity (Wildman–Crippen MR) is 81.0 cm³/mol. The zero-order chi connectivity index (χ0) is 15.6. The first-order valence-corrected chi connectivity index (χ1v) is 8.97. The number of nitrogens with zero attached hydrogens (tertiary/aromatic N) is 3. The molecular formula is C13H26N4O3S. The average molecular weight is 318 g/mol. The molecule has 0 spiro atoms. The van der Waals surface area contributed by atoms with Crippen LogP contribution in [-0.2, 0) is 15.0 Å². The van der Waals surface area contributed by atoms with Gasteiger partial charge in [-0.25, -0.2) is 0 Å². The van der Waals surface area contributed by atoms with Crippen LogP contribution in [0.25, 0.3) is 0 Å². The van der Waals surface area contributed by atoms with Gasteiger partial charge in [0.25, 0.3) is 10.2 Å². The normalized spacial score (nSPS) is 25.9. The molecule has 21 heavy (non-hydrogen) atoms. The van der Waals surface area contributed by atoms with Crippen LogP contribution < -0.4 is 5.32 Å². The lowest BCUT2D eigenvalue weighted by atomic mass is 10.1. The van der Waals surface area contributed by atoms with Crippen LogP contribution in [0.2, 0.25) is 0 Å². The standard InChI is InChI=1S/C13H26N4O3S/c1-11(2)15(3)21(19,20)16-7-4-5-12(10-16)17-8-6-14-9-13(17)18/h11-12,14H,4-10H2,1-3H3. The van der Waals surface area contributed by atoms with Crippen molar-refractivity contribution in [3.8, 4) is 0 Å². The van der Waals surface area contributed by atoms with E-state index < -0.39 is 10.2 Å². The molecule has 2 fully saturated rings. The highest BCUT2D eigenvalue weighted by Crippen LogP contribution is 2.21. The fraction of sp³-hybridized carbons (Fsp3) is 0.923. The van der Waals surface area contributed by atoms with Crippen LogP contribution in [0, 0.1) is 0 Å². The van der Waals surface area contributed by atoms with Crippen molar-refractivity contribution in [1.29, 1.82) is 0 Å². The van der Waals surface area contributed by atoms with Crippen LogP contribution in [-0.4, -0.2) is 79.7 Å². The van der Waals surface area contributed by atoms with Gasteiger partial charge in [0.05, 0.1) is 6.54 Å². The summed E-state index contributed by atoms with van der Waals surface area (Å²) >= 11 is 0. The second-order valence-corrected chi connectivity index (χ2v) is 8.02. The zero-order valence-electron chi connectivity index (χ0n) is 13.1. The Balaban J connectivity index is 2.08. The first-order chi connectivity index (χ1) is 9.84. The average Bonchev–Trinajstić information content (AvgIpc) is 2.47. The maximum atomic E-state index is 12.6. The van der Waals surface area contributed by atoms with Crippen LogP contribution in [0.1, 0.15) is 26.7 Å². The summed E-state index contributed by atoms with van der Waals surface area (Å²) in [5.41, 5.74) is 0. The molecule has 122 valence electrons. The first-order valence-electron chi connectivity index (χ1n) is 7.57. The van der Waals surface area contributed by atoms with E-state index in [2.05, 4.69) is 5.32 Å². The molecule has 7 nitrogen and oxygen atoms in total. The fourth-order valence-electron chi connectivity index (χ4n) is 2.84. The van der Waals surface area contributed by atoms with E-state index in [0.717, 1.165) is 19.4 Å². The largest absolute Gasteiger partial charge is 0.336 e. The van der Waals surface area contributed by atoms with Crippen molar-refractivity contribution in [2.75, 3.05) is 39.8 Å². The summed E-state index contributed by atoms with van der Waals surface area (Å²) in [6, 6.07) is -0.0696. The summed E-state index contributed by atoms with van der Waals surface area (Å²) in [5, 5.41) is 3.05. The van der Waals surface area contributed by atoms with E-state index in [1.807, 2.05) is 18.7 Å². The Labute approximate surface area is 127 Å². The second-order valence-electron chi connectivity index (χ2n) is 6.04. The van der Waals surface area contributed by atoms with Gasteiger partial charge in [-0.15, -0.1) is 0 Å². The van der Waals surface area contributed by atoms with Crippen molar-refractivity contribution < 1.29 is 13.2 Å². The number of hydrogen-bond donors (Lipinski definition) is 1. The molecule has 0 aromatic carbocycles. The van der Waals surface area contributed by atoms with Crippen LogP contribution in [0.4, 0.5) is 0 Å². The lowest BCUT2D eigenvalue weighted by Gasteiger charge is -2.41. The van der Waals surface area contributed by atoms with E-state index >= 15 is 0 Å². The van der Waals surface area contributed by atoms with Gasteiger partial charge in [0.1, 0.15) is 0 Å². The quantitative estimate of drug-likeness (QED) is 0.756. The van der Waals surface area contributed by atoms with Crippen molar-refractivity contribution in [3.63, 3.8) is 0 Å². The number of hydrogen-bond acceptors (Lipinski definition) is 4. The number of nitrogens with one attached hydrogen (secondary N) is 1. The van der Waals surface area contributed by atoms with Gasteiger partial charge in [-0.3, -0.25) is 4.79 Å². The van der Waals surface area contributed by atoms with Gasteiger partial charge in [0, 0.05) is 45.3 Å². The van der Waals surface area contributed by atoms with Crippen LogP contribution in [0.5, 0.6) is 0 Å². The van der Waals surface area contributed by atoms with Crippen molar-refractivity contribution in [3.05, 3.63) is 0 Å². The zero-order valence-corrected chi connectivity index (χ0v) is 13.9. The minimum Gasteiger partial charge on any atom is -0.336 e. The lowest BCUT2D eigenvalue weighted by molar-refractivity contribution is -0.135. The highest BCUT2D eigenvalue weighted by atomic mass is 32.2. The summed E-state index contributed by atoms with van der Waals surface area (Å²) in [6.07, 6.45) is 1.68. The molecule has 2 aliphatic heterocycles. The molecule has 0 saturated carbocycles. The molecule has 0 aromatic rings. The SMILES string of the molecule is CC(C)N(C)S(=O)(=O)N1CCCC(N2CCNCC2=O)C1. The summed E-state index contributed by atoms with van der Waals surface area (Å²) in [6.45, 7) is 6.46. The Morgan fingerprint density at radius 2 is 2.05 bits per heavy atom. The summed E-state index contributed by atoms with van der Waals surface area (Å²) in [5.74, 6) is 0.0720. The third kappa shape index (κ3) is 3.56. The number of carbonyl (C=O) groups is 1. The van der Waals surface area contributed by atoms with Crippen molar-refractivity contribution in [1.82, 2.24) is 18.8 Å². The Morgan fingerprint density at radius 3 is 2.67 bits per heavy atom. The maximum Gasteiger partial charge on any atom is 0.282 e. The van der Waals surface area contributed by atoms with Gasteiger partial charge < -0.3 is 10.2 Å². The number of amides is 1. The van der Waals surface area contributed by atoms with Crippen LogP contribution >= 0.6 is 0 Å². The Morgan fingerprint density at radius 1 is 1.33 bits per heavy atom. The van der Waals surface area contributed by atoms with E-state index in [1.165, 1.54) is 8.61 Å². The number of rotatable bonds is 4. The van der Waals surface area contributed by atoms with E-state index in [0.29, 0.717) is 26.2 Å². The van der Waals surface area contributed by atoms with Crippen molar-refractivity contribution in [2.45, 2.75) is 38.8 Å². The Hall–Kier alpha value is -0.700. The summed E-state index contributed by atoms with van der Waals surface area (Å²) in [7, 11) is -1.83. The third-order valence-electron chi connectivity index (χ3n) is 4.34. The topological polar surface area (TPSA) is 73.0 Å². The molecule has 0 radical (unpaired) electrons. The van der Waals surface area contributed by atoms with E-state index in [4.69, 9.17) is 0 Å². The molecule has 0 bridgehead atoms. The van der Waals surface area contributed by atoms with Crippen molar-refractivity contribution >= 4 is 16.1 Å².